The molecule has 1 heterocycles. The van der Waals surface area contributed by atoms with E-state index in [2.05, 4.69) is 54.9 Å². The Kier molecular flexibility index (Phi) is 4.52. The predicted octanol–water partition coefficient (Wildman–Crippen LogP) is 4.33. The summed E-state index contributed by atoms with van der Waals surface area (Å²) in [5, 5.41) is 2.97. The molecule has 0 spiro atoms. The quantitative estimate of drug-likeness (QED) is 0.763. The highest BCUT2D eigenvalue weighted by molar-refractivity contribution is 5.94. The number of rotatable bonds is 4. The predicted molar refractivity (Wildman–Crippen MR) is 97.6 cm³/mol. The van der Waals surface area contributed by atoms with E-state index in [1.807, 2.05) is 36.4 Å². The van der Waals surface area contributed by atoms with Crippen LogP contribution in [-0.4, -0.2) is 10.5 Å². The van der Waals surface area contributed by atoms with Gasteiger partial charge in [0.25, 0.3) is 5.91 Å². The number of hydrogen-bond acceptors (Lipinski definition) is 1. The number of nitrogens with one attached hydrogen (secondary N) is 1. The van der Waals surface area contributed by atoms with E-state index in [0.717, 1.165) is 11.3 Å². The van der Waals surface area contributed by atoms with E-state index in [1.165, 1.54) is 17.0 Å². The van der Waals surface area contributed by atoms with Crippen LogP contribution in [0.4, 0.5) is 0 Å². The summed E-state index contributed by atoms with van der Waals surface area (Å²) in [5.74, 6) is -0.0527. The molecule has 1 amide bonds. The van der Waals surface area contributed by atoms with Crippen LogP contribution in [0.2, 0.25) is 0 Å². The topological polar surface area (TPSA) is 34.0 Å². The summed E-state index contributed by atoms with van der Waals surface area (Å²) in [6.07, 6.45) is 0. The minimum Gasteiger partial charge on any atom is -0.348 e. The monoisotopic (exact) mass is 318 g/mol. The van der Waals surface area contributed by atoms with E-state index in [4.69, 9.17) is 0 Å². The maximum absolute atomic E-state index is 12.3. The van der Waals surface area contributed by atoms with Crippen LogP contribution in [0.1, 0.15) is 32.9 Å². The molecule has 0 aliphatic carbocycles. The Morgan fingerprint density at radius 2 is 1.42 bits per heavy atom. The van der Waals surface area contributed by atoms with Crippen molar-refractivity contribution in [2.45, 2.75) is 27.3 Å². The second-order valence-corrected chi connectivity index (χ2v) is 6.17. The van der Waals surface area contributed by atoms with Crippen molar-refractivity contribution in [3.05, 3.63) is 88.7 Å². The van der Waals surface area contributed by atoms with Crippen LogP contribution in [-0.2, 0) is 6.54 Å². The van der Waals surface area contributed by atoms with Gasteiger partial charge in [-0.3, -0.25) is 4.79 Å². The van der Waals surface area contributed by atoms with Gasteiger partial charge in [-0.05, 0) is 62.7 Å². The van der Waals surface area contributed by atoms with E-state index in [1.54, 1.807) is 0 Å². The summed E-state index contributed by atoms with van der Waals surface area (Å²) in [4.78, 5) is 12.3. The Hall–Kier alpha value is -2.81. The number of carbonyl (C=O) groups is 1. The third kappa shape index (κ3) is 3.40. The van der Waals surface area contributed by atoms with Crippen LogP contribution in [0.25, 0.3) is 5.69 Å². The van der Waals surface area contributed by atoms with Gasteiger partial charge in [0.05, 0.1) is 0 Å². The number of aryl methyl sites for hydroxylation is 3. The van der Waals surface area contributed by atoms with Gasteiger partial charge in [-0.2, -0.15) is 0 Å². The van der Waals surface area contributed by atoms with Crippen LogP contribution < -0.4 is 5.32 Å². The minimum absolute atomic E-state index is 0.0527. The highest BCUT2D eigenvalue weighted by atomic mass is 16.1. The first-order valence-electron chi connectivity index (χ1n) is 8.14. The molecule has 1 aromatic heterocycles. The average molecular weight is 318 g/mol. The van der Waals surface area contributed by atoms with E-state index in [-0.39, 0.29) is 5.91 Å². The van der Waals surface area contributed by atoms with Gasteiger partial charge in [-0.15, -0.1) is 0 Å². The van der Waals surface area contributed by atoms with Gasteiger partial charge in [-0.1, -0.05) is 29.8 Å². The third-order valence-corrected chi connectivity index (χ3v) is 4.23. The molecule has 122 valence electrons. The van der Waals surface area contributed by atoms with Crippen LogP contribution in [0.15, 0.2) is 60.7 Å². The Morgan fingerprint density at radius 3 is 2.00 bits per heavy atom. The van der Waals surface area contributed by atoms with Gasteiger partial charge in [0.15, 0.2) is 0 Å². The Bertz CT molecular complexity index is 823. The molecule has 0 saturated heterocycles. The third-order valence-electron chi connectivity index (χ3n) is 4.23. The average Bonchev–Trinajstić information content (AvgIpc) is 2.93. The molecule has 0 radical (unpaired) electrons. The van der Waals surface area contributed by atoms with Crippen molar-refractivity contribution in [2.24, 2.45) is 0 Å². The van der Waals surface area contributed by atoms with Gasteiger partial charge in [0, 0.05) is 29.2 Å². The zero-order chi connectivity index (χ0) is 17.1. The molecule has 3 aromatic rings. The zero-order valence-electron chi connectivity index (χ0n) is 14.3. The second-order valence-electron chi connectivity index (χ2n) is 6.17. The summed E-state index contributed by atoms with van der Waals surface area (Å²) in [5.41, 5.74) is 6.44. The first kappa shape index (κ1) is 16.1. The van der Waals surface area contributed by atoms with Crippen LogP contribution in [0.5, 0.6) is 0 Å². The van der Waals surface area contributed by atoms with Crippen molar-refractivity contribution in [1.82, 2.24) is 9.88 Å². The van der Waals surface area contributed by atoms with Crippen LogP contribution in [0.3, 0.4) is 0 Å². The maximum Gasteiger partial charge on any atom is 0.251 e. The fourth-order valence-corrected chi connectivity index (χ4v) is 2.83. The van der Waals surface area contributed by atoms with Gasteiger partial charge < -0.3 is 9.88 Å². The first-order valence-corrected chi connectivity index (χ1v) is 8.14. The Labute approximate surface area is 143 Å². The SMILES string of the molecule is Cc1ccc(CNC(=O)c2ccc(-n3c(C)ccc3C)cc2)cc1. The first-order chi connectivity index (χ1) is 11.5. The normalized spacial score (nSPS) is 10.6. The maximum atomic E-state index is 12.3. The van der Waals surface area contributed by atoms with Crippen molar-refractivity contribution in [3.63, 3.8) is 0 Å². The van der Waals surface area contributed by atoms with Crippen molar-refractivity contribution < 1.29 is 4.79 Å². The second kappa shape index (κ2) is 6.75. The summed E-state index contributed by atoms with van der Waals surface area (Å²) >= 11 is 0. The van der Waals surface area contributed by atoms with E-state index < -0.39 is 0 Å². The van der Waals surface area contributed by atoms with Gasteiger partial charge in [0.1, 0.15) is 0 Å². The number of nitrogens with zero attached hydrogens (tertiary/aromatic N) is 1. The lowest BCUT2D eigenvalue weighted by molar-refractivity contribution is 0.0951. The highest BCUT2D eigenvalue weighted by Crippen LogP contribution is 2.17. The molecule has 0 unspecified atom stereocenters. The smallest absolute Gasteiger partial charge is 0.251 e. The molecule has 0 atom stereocenters. The molecule has 0 saturated carbocycles. The van der Waals surface area contributed by atoms with Crippen molar-refractivity contribution >= 4 is 5.91 Å². The summed E-state index contributed by atoms with van der Waals surface area (Å²) in [7, 11) is 0. The van der Waals surface area contributed by atoms with E-state index in [0.29, 0.717) is 12.1 Å². The molecule has 3 rings (SSSR count). The lowest BCUT2D eigenvalue weighted by Gasteiger charge is -2.10. The fourth-order valence-electron chi connectivity index (χ4n) is 2.83. The molecule has 3 heteroatoms. The molecule has 0 fully saturated rings. The van der Waals surface area contributed by atoms with Crippen molar-refractivity contribution in [3.8, 4) is 5.69 Å². The molecule has 0 bridgehead atoms. The largest absolute Gasteiger partial charge is 0.348 e. The summed E-state index contributed by atoms with van der Waals surface area (Å²) < 4.78 is 2.17. The van der Waals surface area contributed by atoms with Gasteiger partial charge in [0.2, 0.25) is 0 Å². The number of carbonyl (C=O) groups excluding carboxylic acids is 1. The molecule has 0 aliphatic heterocycles. The molecule has 0 aliphatic rings. The molecule has 2 aromatic carbocycles. The lowest BCUT2D eigenvalue weighted by atomic mass is 10.1. The number of amides is 1. The lowest BCUT2D eigenvalue weighted by Crippen LogP contribution is -2.22. The zero-order valence-corrected chi connectivity index (χ0v) is 14.3. The van der Waals surface area contributed by atoms with Gasteiger partial charge in [-0.25, -0.2) is 0 Å². The fraction of sp³-hybridized carbons (Fsp3) is 0.190. The summed E-state index contributed by atoms with van der Waals surface area (Å²) in [6, 6.07) is 20.1. The van der Waals surface area contributed by atoms with E-state index >= 15 is 0 Å². The van der Waals surface area contributed by atoms with Crippen LogP contribution in [0, 0.1) is 20.8 Å². The number of hydrogen-bond donors (Lipinski definition) is 1. The Morgan fingerprint density at radius 1 is 0.833 bits per heavy atom. The molecular formula is C21H22N2O. The summed E-state index contributed by atoms with van der Waals surface area (Å²) in [6.45, 7) is 6.75. The van der Waals surface area contributed by atoms with Crippen LogP contribution >= 0.6 is 0 Å². The molecule has 3 nitrogen and oxygen atoms in total. The standard InChI is InChI=1S/C21H22N2O/c1-15-4-8-18(9-5-15)14-22-21(24)19-10-12-20(13-11-19)23-16(2)6-7-17(23)3/h4-13H,14H2,1-3H3,(H,22,24). The number of aromatic nitrogens is 1. The highest BCUT2D eigenvalue weighted by Gasteiger charge is 2.07. The van der Waals surface area contributed by atoms with Crippen molar-refractivity contribution in [2.75, 3.05) is 0 Å². The van der Waals surface area contributed by atoms with E-state index in [9.17, 15) is 4.79 Å². The minimum atomic E-state index is -0.0527. The molecule has 1 N–H and O–H groups in total. The number of benzene rings is 2. The molecular weight excluding hydrogens is 296 g/mol. The molecule has 24 heavy (non-hydrogen) atoms. The Balaban J connectivity index is 1.69. The van der Waals surface area contributed by atoms with Gasteiger partial charge >= 0.3 is 0 Å². The van der Waals surface area contributed by atoms with Crippen molar-refractivity contribution in [1.29, 1.82) is 0 Å².